The molecule has 0 bridgehead atoms. The second kappa shape index (κ2) is 5.37. The van der Waals surface area contributed by atoms with Crippen molar-refractivity contribution in [2.24, 2.45) is 5.73 Å². The Kier molecular flexibility index (Phi) is 4.42. The molecular formula is C11H16BrNO. The van der Waals surface area contributed by atoms with Gasteiger partial charge in [-0.1, -0.05) is 41.8 Å². The van der Waals surface area contributed by atoms with Gasteiger partial charge in [-0.15, -0.1) is 0 Å². The summed E-state index contributed by atoms with van der Waals surface area (Å²) in [4.78, 5) is 0. The van der Waals surface area contributed by atoms with Gasteiger partial charge in [0.2, 0.25) is 0 Å². The molecule has 1 atom stereocenters. The second-order valence-corrected chi connectivity index (χ2v) is 4.37. The lowest BCUT2D eigenvalue weighted by molar-refractivity contribution is 0.456. The largest absolute Gasteiger partial charge is 0.508 e. The molecule has 0 unspecified atom stereocenters. The molecule has 2 nitrogen and oxygen atoms in total. The number of hydrogen-bond acceptors (Lipinski definition) is 2. The van der Waals surface area contributed by atoms with Gasteiger partial charge in [0, 0.05) is 16.1 Å². The number of nitrogens with two attached hydrogens (primary N) is 1. The number of unbranched alkanes of at least 4 members (excludes halogenated alkanes) is 1. The van der Waals surface area contributed by atoms with E-state index in [9.17, 15) is 5.11 Å². The molecule has 0 saturated heterocycles. The van der Waals surface area contributed by atoms with Crippen LogP contribution in [-0.4, -0.2) is 5.11 Å². The van der Waals surface area contributed by atoms with Gasteiger partial charge in [-0.25, -0.2) is 0 Å². The maximum atomic E-state index is 9.65. The summed E-state index contributed by atoms with van der Waals surface area (Å²) in [5.74, 6) is 0.281. The summed E-state index contributed by atoms with van der Waals surface area (Å²) in [7, 11) is 0. The van der Waals surface area contributed by atoms with E-state index in [2.05, 4.69) is 22.9 Å². The molecule has 0 fully saturated rings. The van der Waals surface area contributed by atoms with Crippen LogP contribution in [0.1, 0.15) is 37.8 Å². The van der Waals surface area contributed by atoms with E-state index < -0.39 is 0 Å². The van der Waals surface area contributed by atoms with E-state index in [1.165, 1.54) is 0 Å². The summed E-state index contributed by atoms with van der Waals surface area (Å²) >= 11 is 3.30. The highest BCUT2D eigenvalue weighted by Crippen LogP contribution is 2.28. The lowest BCUT2D eigenvalue weighted by Gasteiger charge is -2.13. The standard InChI is InChI=1S/C11H16BrNO/c1-2-3-4-10(13)9-6-5-8(12)7-11(9)14/h5-7,10,14H,2-4,13H2,1H3/t10-/m0/s1. The normalized spacial score (nSPS) is 12.8. The molecule has 14 heavy (non-hydrogen) atoms. The first kappa shape index (κ1) is 11.5. The van der Waals surface area contributed by atoms with Crippen molar-refractivity contribution in [3.63, 3.8) is 0 Å². The Bertz CT molecular complexity index is 301. The van der Waals surface area contributed by atoms with Crippen molar-refractivity contribution in [1.82, 2.24) is 0 Å². The predicted molar refractivity (Wildman–Crippen MR) is 62.3 cm³/mol. The average molecular weight is 258 g/mol. The topological polar surface area (TPSA) is 46.2 Å². The maximum Gasteiger partial charge on any atom is 0.121 e. The molecule has 0 aliphatic heterocycles. The number of benzene rings is 1. The molecule has 3 N–H and O–H groups in total. The van der Waals surface area contributed by atoms with Crippen LogP contribution in [0.4, 0.5) is 0 Å². The van der Waals surface area contributed by atoms with Crippen molar-refractivity contribution in [1.29, 1.82) is 0 Å². The molecule has 1 aromatic rings. The fourth-order valence-electron chi connectivity index (χ4n) is 1.41. The molecule has 0 heterocycles. The molecule has 0 amide bonds. The second-order valence-electron chi connectivity index (χ2n) is 3.45. The third kappa shape index (κ3) is 3.00. The Morgan fingerprint density at radius 1 is 1.50 bits per heavy atom. The van der Waals surface area contributed by atoms with Gasteiger partial charge >= 0.3 is 0 Å². The zero-order valence-electron chi connectivity index (χ0n) is 8.33. The Labute approximate surface area is 93.3 Å². The van der Waals surface area contributed by atoms with Crippen LogP contribution in [0.3, 0.4) is 0 Å². The van der Waals surface area contributed by atoms with Crippen molar-refractivity contribution in [3.8, 4) is 5.75 Å². The first-order chi connectivity index (χ1) is 6.65. The van der Waals surface area contributed by atoms with E-state index in [0.29, 0.717) is 0 Å². The van der Waals surface area contributed by atoms with E-state index >= 15 is 0 Å². The quantitative estimate of drug-likeness (QED) is 0.869. The van der Waals surface area contributed by atoms with Gasteiger partial charge in [0.25, 0.3) is 0 Å². The summed E-state index contributed by atoms with van der Waals surface area (Å²) in [5.41, 5.74) is 6.79. The molecule has 1 aromatic carbocycles. The molecule has 0 aliphatic carbocycles. The molecule has 78 valence electrons. The third-order valence-electron chi connectivity index (χ3n) is 2.26. The zero-order chi connectivity index (χ0) is 10.6. The van der Waals surface area contributed by atoms with Crippen molar-refractivity contribution < 1.29 is 5.11 Å². The van der Waals surface area contributed by atoms with Crippen molar-refractivity contribution in [2.75, 3.05) is 0 Å². The molecule has 0 spiro atoms. The van der Waals surface area contributed by atoms with Crippen molar-refractivity contribution in [2.45, 2.75) is 32.2 Å². The Hall–Kier alpha value is -0.540. The monoisotopic (exact) mass is 257 g/mol. The van der Waals surface area contributed by atoms with E-state index in [-0.39, 0.29) is 11.8 Å². The van der Waals surface area contributed by atoms with Crippen LogP contribution in [-0.2, 0) is 0 Å². The summed E-state index contributed by atoms with van der Waals surface area (Å²) in [6.45, 7) is 2.13. The smallest absolute Gasteiger partial charge is 0.121 e. The van der Waals surface area contributed by atoms with E-state index in [1.54, 1.807) is 6.07 Å². The van der Waals surface area contributed by atoms with E-state index in [1.807, 2.05) is 12.1 Å². The molecule has 1 rings (SSSR count). The lowest BCUT2D eigenvalue weighted by atomic mass is 10.0. The van der Waals surface area contributed by atoms with Gasteiger partial charge in [-0.3, -0.25) is 0 Å². The van der Waals surface area contributed by atoms with E-state index in [4.69, 9.17) is 5.73 Å². The summed E-state index contributed by atoms with van der Waals surface area (Å²) in [6, 6.07) is 5.41. The summed E-state index contributed by atoms with van der Waals surface area (Å²) in [5, 5.41) is 9.65. The van der Waals surface area contributed by atoms with Crippen molar-refractivity contribution in [3.05, 3.63) is 28.2 Å². The predicted octanol–water partition coefficient (Wildman–Crippen LogP) is 3.34. The number of aromatic hydroxyl groups is 1. The number of phenols is 1. The fourth-order valence-corrected chi connectivity index (χ4v) is 1.76. The highest BCUT2D eigenvalue weighted by molar-refractivity contribution is 9.10. The van der Waals surface area contributed by atoms with Gasteiger partial charge in [0.1, 0.15) is 5.75 Å². The van der Waals surface area contributed by atoms with Gasteiger partial charge in [-0.2, -0.15) is 0 Å². The molecule has 0 aliphatic rings. The first-order valence-electron chi connectivity index (χ1n) is 4.89. The average Bonchev–Trinajstić information content (AvgIpc) is 2.14. The van der Waals surface area contributed by atoms with Crippen LogP contribution in [0.25, 0.3) is 0 Å². The fraction of sp³-hybridized carbons (Fsp3) is 0.455. The van der Waals surface area contributed by atoms with Crippen LogP contribution in [0.15, 0.2) is 22.7 Å². The first-order valence-corrected chi connectivity index (χ1v) is 5.68. The minimum absolute atomic E-state index is 0.0527. The highest BCUT2D eigenvalue weighted by atomic mass is 79.9. The number of rotatable bonds is 4. The SMILES string of the molecule is CCCC[C@H](N)c1ccc(Br)cc1O. The third-order valence-corrected chi connectivity index (χ3v) is 2.75. The number of halogens is 1. The maximum absolute atomic E-state index is 9.65. The molecular weight excluding hydrogens is 242 g/mol. The number of phenolic OH excluding ortho intramolecular Hbond substituents is 1. The Balaban J connectivity index is 2.74. The van der Waals surface area contributed by atoms with Crippen LogP contribution < -0.4 is 5.73 Å². The summed E-state index contributed by atoms with van der Waals surface area (Å²) in [6.07, 6.45) is 3.15. The molecule has 0 saturated carbocycles. The van der Waals surface area contributed by atoms with Gasteiger partial charge in [0.05, 0.1) is 0 Å². The Morgan fingerprint density at radius 3 is 2.79 bits per heavy atom. The summed E-state index contributed by atoms with van der Waals surface area (Å²) < 4.78 is 0.876. The van der Waals surface area contributed by atoms with Crippen LogP contribution in [0, 0.1) is 0 Å². The molecule has 0 radical (unpaired) electrons. The Morgan fingerprint density at radius 2 is 2.21 bits per heavy atom. The highest BCUT2D eigenvalue weighted by Gasteiger charge is 2.10. The lowest BCUT2D eigenvalue weighted by Crippen LogP contribution is -2.10. The zero-order valence-corrected chi connectivity index (χ0v) is 9.92. The van der Waals surface area contributed by atoms with Gasteiger partial charge in [0.15, 0.2) is 0 Å². The number of hydrogen-bond donors (Lipinski definition) is 2. The van der Waals surface area contributed by atoms with E-state index in [0.717, 1.165) is 29.3 Å². The molecule has 0 aromatic heterocycles. The van der Waals surface area contributed by atoms with Gasteiger partial charge < -0.3 is 10.8 Å². The minimum Gasteiger partial charge on any atom is -0.508 e. The van der Waals surface area contributed by atoms with Crippen LogP contribution in [0.2, 0.25) is 0 Å². The minimum atomic E-state index is -0.0527. The van der Waals surface area contributed by atoms with Crippen LogP contribution >= 0.6 is 15.9 Å². The molecule has 3 heteroatoms. The van der Waals surface area contributed by atoms with Crippen LogP contribution in [0.5, 0.6) is 5.75 Å². The van der Waals surface area contributed by atoms with Crippen molar-refractivity contribution >= 4 is 15.9 Å². The van der Waals surface area contributed by atoms with Gasteiger partial charge in [-0.05, 0) is 18.6 Å².